The average molecular weight is 200 g/mol. The second kappa shape index (κ2) is 4.75. The Morgan fingerprint density at radius 2 is 2.21 bits per heavy atom. The van der Waals surface area contributed by atoms with Crippen LogP contribution in [-0.4, -0.2) is 37.3 Å². The molecule has 0 saturated heterocycles. The molecule has 0 radical (unpaired) electrons. The molecule has 1 fully saturated rings. The Morgan fingerprint density at radius 3 is 2.64 bits per heavy atom. The van der Waals surface area contributed by atoms with Crippen molar-refractivity contribution in [1.29, 1.82) is 0 Å². The lowest BCUT2D eigenvalue weighted by atomic mass is 10.1. The van der Waals surface area contributed by atoms with E-state index >= 15 is 0 Å². The Labute approximate surface area is 85.1 Å². The number of nitrogens with one attached hydrogen (secondary N) is 2. The smallest absolute Gasteiger partial charge is 0.221 e. The maximum atomic E-state index is 11.0. The molecule has 82 valence electrons. The molecule has 1 aliphatic carbocycles. The number of aliphatic hydroxyl groups excluding tert-OH is 1. The van der Waals surface area contributed by atoms with Gasteiger partial charge >= 0.3 is 0 Å². The highest BCUT2D eigenvalue weighted by molar-refractivity contribution is 5.76. The molecule has 1 aliphatic rings. The molecule has 1 rings (SSSR count). The monoisotopic (exact) mass is 200 g/mol. The molecule has 0 aromatic heterocycles. The predicted octanol–water partition coefficient (Wildman–Crippen LogP) is -0.127. The summed E-state index contributed by atoms with van der Waals surface area (Å²) >= 11 is 0. The molecule has 0 bridgehead atoms. The third-order valence-corrected chi connectivity index (χ3v) is 2.89. The van der Waals surface area contributed by atoms with Crippen molar-refractivity contribution >= 4 is 5.91 Å². The highest BCUT2D eigenvalue weighted by Crippen LogP contribution is 2.44. The molecule has 0 aromatic rings. The van der Waals surface area contributed by atoms with Crippen LogP contribution in [0.3, 0.4) is 0 Å². The minimum absolute atomic E-state index is 0.0545. The molecule has 4 nitrogen and oxygen atoms in total. The van der Waals surface area contributed by atoms with Gasteiger partial charge in [-0.3, -0.25) is 4.79 Å². The van der Waals surface area contributed by atoms with Crippen molar-refractivity contribution in [2.45, 2.75) is 32.2 Å². The molecule has 3 N–H and O–H groups in total. The molecule has 0 aromatic carbocycles. The van der Waals surface area contributed by atoms with Gasteiger partial charge in [0.25, 0.3) is 0 Å². The molecule has 4 heteroatoms. The summed E-state index contributed by atoms with van der Waals surface area (Å²) < 4.78 is 0. The van der Waals surface area contributed by atoms with Crippen LogP contribution in [0.4, 0.5) is 0 Å². The summed E-state index contributed by atoms with van der Waals surface area (Å²) in [5.74, 6) is 0.0545. The van der Waals surface area contributed by atoms with E-state index in [0.29, 0.717) is 6.42 Å². The fraction of sp³-hybridized carbons (Fsp3) is 0.900. The summed E-state index contributed by atoms with van der Waals surface area (Å²) in [5, 5.41) is 15.0. The Hall–Kier alpha value is -0.610. The largest absolute Gasteiger partial charge is 0.396 e. The van der Waals surface area contributed by atoms with Gasteiger partial charge in [0.1, 0.15) is 0 Å². The molecule has 1 saturated carbocycles. The van der Waals surface area contributed by atoms with E-state index in [2.05, 4.69) is 10.6 Å². The summed E-state index contributed by atoms with van der Waals surface area (Å²) in [6.45, 7) is 3.07. The fourth-order valence-corrected chi connectivity index (χ4v) is 1.41. The number of rotatable bonds is 6. The van der Waals surface area contributed by atoms with Crippen molar-refractivity contribution in [3.63, 3.8) is 0 Å². The van der Waals surface area contributed by atoms with Gasteiger partial charge in [0.05, 0.1) is 0 Å². The summed E-state index contributed by atoms with van der Waals surface area (Å²) in [4.78, 5) is 11.0. The molecule has 1 atom stereocenters. The number of hydrogen-bond acceptors (Lipinski definition) is 3. The first kappa shape index (κ1) is 11.5. The Balaban J connectivity index is 2.14. The minimum atomic E-state index is 0.0545. The summed E-state index contributed by atoms with van der Waals surface area (Å²) in [7, 11) is 1.64. The van der Waals surface area contributed by atoms with Crippen molar-refractivity contribution in [3.8, 4) is 0 Å². The SMILES string of the molecule is CNC(=O)CC(C)NCC1(CO)CC1. The maximum absolute atomic E-state index is 11.0. The number of amides is 1. The maximum Gasteiger partial charge on any atom is 0.221 e. The van der Waals surface area contributed by atoms with Gasteiger partial charge in [-0.15, -0.1) is 0 Å². The second-order valence-corrected chi connectivity index (χ2v) is 4.32. The van der Waals surface area contributed by atoms with Crippen LogP contribution in [0, 0.1) is 5.41 Å². The van der Waals surface area contributed by atoms with Crippen LogP contribution in [0.15, 0.2) is 0 Å². The standard InChI is InChI=1S/C10H20N2O2/c1-8(5-9(14)11-2)12-6-10(7-13)3-4-10/h8,12-13H,3-7H2,1-2H3,(H,11,14). The molecule has 14 heavy (non-hydrogen) atoms. The van der Waals surface area contributed by atoms with Gasteiger partial charge in [0.2, 0.25) is 5.91 Å². The van der Waals surface area contributed by atoms with E-state index in [4.69, 9.17) is 5.11 Å². The molecular weight excluding hydrogens is 180 g/mol. The molecular formula is C10H20N2O2. The van der Waals surface area contributed by atoms with E-state index in [1.54, 1.807) is 7.05 Å². The van der Waals surface area contributed by atoms with Gasteiger partial charge in [-0.25, -0.2) is 0 Å². The Bertz CT molecular complexity index is 202. The molecule has 1 amide bonds. The highest BCUT2D eigenvalue weighted by atomic mass is 16.3. The Morgan fingerprint density at radius 1 is 1.57 bits per heavy atom. The van der Waals surface area contributed by atoms with Gasteiger partial charge < -0.3 is 15.7 Å². The van der Waals surface area contributed by atoms with Gasteiger partial charge in [0, 0.05) is 38.1 Å². The van der Waals surface area contributed by atoms with E-state index in [-0.39, 0.29) is 24.0 Å². The van der Waals surface area contributed by atoms with Crippen molar-refractivity contribution in [2.24, 2.45) is 5.41 Å². The topological polar surface area (TPSA) is 61.4 Å². The van der Waals surface area contributed by atoms with Crippen molar-refractivity contribution < 1.29 is 9.90 Å². The van der Waals surface area contributed by atoms with Crippen molar-refractivity contribution in [2.75, 3.05) is 20.2 Å². The third-order valence-electron chi connectivity index (χ3n) is 2.89. The van der Waals surface area contributed by atoms with Gasteiger partial charge in [0.15, 0.2) is 0 Å². The second-order valence-electron chi connectivity index (χ2n) is 4.32. The highest BCUT2D eigenvalue weighted by Gasteiger charge is 2.41. The van der Waals surface area contributed by atoms with Crippen LogP contribution in [0.1, 0.15) is 26.2 Å². The average Bonchev–Trinajstić information content (AvgIpc) is 2.95. The van der Waals surface area contributed by atoms with E-state index in [1.807, 2.05) is 6.92 Å². The van der Waals surface area contributed by atoms with Gasteiger partial charge in [-0.2, -0.15) is 0 Å². The van der Waals surface area contributed by atoms with E-state index in [0.717, 1.165) is 19.4 Å². The zero-order chi connectivity index (χ0) is 10.6. The van der Waals surface area contributed by atoms with Crippen molar-refractivity contribution in [3.05, 3.63) is 0 Å². The first-order valence-electron chi connectivity index (χ1n) is 5.17. The number of carbonyl (C=O) groups is 1. The van der Waals surface area contributed by atoms with Crippen molar-refractivity contribution in [1.82, 2.24) is 10.6 Å². The number of hydrogen-bond donors (Lipinski definition) is 3. The van der Waals surface area contributed by atoms with Crippen LogP contribution in [0.5, 0.6) is 0 Å². The lowest BCUT2D eigenvalue weighted by Gasteiger charge is -2.17. The predicted molar refractivity (Wildman–Crippen MR) is 54.9 cm³/mol. The molecule has 0 heterocycles. The molecule has 0 spiro atoms. The normalized spacial score (nSPS) is 20.2. The van der Waals surface area contributed by atoms with E-state index in [1.165, 1.54) is 0 Å². The third kappa shape index (κ3) is 3.27. The zero-order valence-corrected chi connectivity index (χ0v) is 8.97. The van der Waals surface area contributed by atoms with Crippen LogP contribution >= 0.6 is 0 Å². The molecule has 0 aliphatic heterocycles. The lowest BCUT2D eigenvalue weighted by molar-refractivity contribution is -0.121. The van der Waals surface area contributed by atoms with Crippen LogP contribution < -0.4 is 10.6 Å². The first-order chi connectivity index (χ1) is 6.62. The Kier molecular flexibility index (Phi) is 3.89. The summed E-state index contributed by atoms with van der Waals surface area (Å²) in [5.41, 5.74) is 0.122. The molecule has 1 unspecified atom stereocenters. The minimum Gasteiger partial charge on any atom is -0.396 e. The summed E-state index contributed by atoms with van der Waals surface area (Å²) in [6, 6.07) is 0.180. The van der Waals surface area contributed by atoms with Gasteiger partial charge in [-0.05, 0) is 19.8 Å². The van der Waals surface area contributed by atoms with Crippen LogP contribution in [0.25, 0.3) is 0 Å². The quantitative estimate of drug-likeness (QED) is 0.560. The zero-order valence-electron chi connectivity index (χ0n) is 8.97. The van der Waals surface area contributed by atoms with E-state index < -0.39 is 0 Å². The van der Waals surface area contributed by atoms with Gasteiger partial charge in [-0.1, -0.05) is 0 Å². The number of aliphatic hydroxyl groups is 1. The van der Waals surface area contributed by atoms with Crippen LogP contribution in [-0.2, 0) is 4.79 Å². The summed E-state index contributed by atoms with van der Waals surface area (Å²) in [6.07, 6.45) is 2.70. The van der Waals surface area contributed by atoms with Crippen LogP contribution in [0.2, 0.25) is 0 Å². The first-order valence-corrected chi connectivity index (χ1v) is 5.17. The lowest BCUT2D eigenvalue weighted by Crippen LogP contribution is -2.36. The fourth-order valence-electron chi connectivity index (χ4n) is 1.41. The van der Waals surface area contributed by atoms with E-state index in [9.17, 15) is 4.79 Å². The number of carbonyl (C=O) groups excluding carboxylic acids is 1.